The maximum absolute atomic E-state index is 11.9. The first-order valence-electron chi connectivity index (χ1n) is 5.63. The first-order valence-corrected chi connectivity index (χ1v) is 5.63. The molecular formula is C12H15N3O4. The van der Waals surface area contributed by atoms with Crippen molar-refractivity contribution in [2.75, 3.05) is 0 Å². The molecule has 1 rings (SSSR count). The molecule has 0 fully saturated rings. The quantitative estimate of drug-likeness (QED) is 0.692. The summed E-state index contributed by atoms with van der Waals surface area (Å²) in [7, 11) is 0. The third-order valence-electron chi connectivity index (χ3n) is 2.51. The first kappa shape index (κ1) is 14.6. The van der Waals surface area contributed by atoms with E-state index in [1.54, 1.807) is 13.8 Å². The molecule has 7 heteroatoms. The number of amides is 2. The minimum absolute atomic E-state index is 0.210. The van der Waals surface area contributed by atoms with Gasteiger partial charge in [-0.25, -0.2) is 4.79 Å². The summed E-state index contributed by atoms with van der Waals surface area (Å²) >= 11 is 0. The zero-order valence-electron chi connectivity index (χ0n) is 10.6. The van der Waals surface area contributed by atoms with Crippen LogP contribution in [-0.2, 0) is 4.79 Å². The van der Waals surface area contributed by atoms with Crippen LogP contribution in [-0.4, -0.2) is 33.9 Å². The largest absolute Gasteiger partial charge is 0.478 e. The van der Waals surface area contributed by atoms with Crippen LogP contribution in [0.1, 0.15) is 34.7 Å². The molecule has 0 aliphatic heterocycles. The Morgan fingerprint density at radius 3 is 2.47 bits per heavy atom. The van der Waals surface area contributed by atoms with Gasteiger partial charge in [-0.05, 0) is 18.1 Å². The van der Waals surface area contributed by atoms with Gasteiger partial charge in [0.2, 0.25) is 5.91 Å². The van der Waals surface area contributed by atoms with Crippen molar-refractivity contribution >= 4 is 17.8 Å². The topological polar surface area (TPSA) is 122 Å². The molecule has 19 heavy (non-hydrogen) atoms. The average Bonchev–Trinajstić information content (AvgIpc) is 2.34. The number of carbonyl (C=O) groups excluding carboxylic acids is 2. The molecule has 0 bridgehead atoms. The summed E-state index contributed by atoms with van der Waals surface area (Å²) in [5.74, 6) is -2.90. The molecule has 0 aliphatic carbocycles. The number of aromatic carboxylic acids is 1. The van der Waals surface area contributed by atoms with Crippen molar-refractivity contribution in [2.24, 2.45) is 11.7 Å². The van der Waals surface area contributed by atoms with Crippen molar-refractivity contribution in [2.45, 2.75) is 19.9 Å². The van der Waals surface area contributed by atoms with Crippen LogP contribution < -0.4 is 11.1 Å². The standard InChI is InChI=1S/C12H15N3O4/c1-6(2)8(10(13)16)15-11(17)9-7(12(18)19)4-3-5-14-9/h3-6,8H,1-2H3,(H2,13,16)(H,15,17)(H,18,19). The van der Waals surface area contributed by atoms with Crippen molar-refractivity contribution in [3.8, 4) is 0 Å². The molecule has 0 spiro atoms. The van der Waals surface area contributed by atoms with Crippen LogP contribution in [0.15, 0.2) is 18.3 Å². The molecule has 7 nitrogen and oxygen atoms in total. The van der Waals surface area contributed by atoms with E-state index in [9.17, 15) is 14.4 Å². The maximum atomic E-state index is 11.9. The number of rotatable bonds is 5. The lowest BCUT2D eigenvalue weighted by molar-refractivity contribution is -0.120. The smallest absolute Gasteiger partial charge is 0.338 e. The van der Waals surface area contributed by atoms with Gasteiger partial charge in [0.05, 0.1) is 5.56 Å². The van der Waals surface area contributed by atoms with Crippen molar-refractivity contribution in [3.05, 3.63) is 29.6 Å². The van der Waals surface area contributed by atoms with E-state index in [4.69, 9.17) is 10.8 Å². The monoisotopic (exact) mass is 265 g/mol. The highest BCUT2D eigenvalue weighted by Gasteiger charge is 2.25. The summed E-state index contributed by atoms with van der Waals surface area (Å²) in [5, 5.41) is 11.3. The molecule has 102 valence electrons. The Kier molecular flexibility index (Phi) is 4.57. The third-order valence-corrected chi connectivity index (χ3v) is 2.51. The number of nitrogens with two attached hydrogens (primary N) is 1. The van der Waals surface area contributed by atoms with Gasteiger partial charge in [-0.3, -0.25) is 14.6 Å². The summed E-state index contributed by atoms with van der Waals surface area (Å²) in [6, 6.07) is 1.80. The van der Waals surface area contributed by atoms with Crippen LogP contribution >= 0.6 is 0 Å². The molecule has 1 heterocycles. The normalized spacial score (nSPS) is 11.9. The number of carboxylic acids is 1. The van der Waals surface area contributed by atoms with E-state index in [0.717, 1.165) is 0 Å². The minimum Gasteiger partial charge on any atom is -0.478 e. The molecule has 0 aliphatic rings. The van der Waals surface area contributed by atoms with Crippen molar-refractivity contribution < 1.29 is 19.5 Å². The highest BCUT2D eigenvalue weighted by molar-refractivity contribution is 6.04. The number of hydrogen-bond donors (Lipinski definition) is 3. The number of carbonyl (C=O) groups is 3. The van der Waals surface area contributed by atoms with E-state index in [1.807, 2.05) is 0 Å². The Balaban J connectivity index is 3.01. The van der Waals surface area contributed by atoms with Gasteiger partial charge in [-0.1, -0.05) is 13.8 Å². The van der Waals surface area contributed by atoms with Gasteiger partial charge in [-0.2, -0.15) is 0 Å². The van der Waals surface area contributed by atoms with Crippen LogP contribution in [0.4, 0.5) is 0 Å². The maximum Gasteiger partial charge on any atom is 0.338 e. The second-order valence-electron chi connectivity index (χ2n) is 4.30. The van der Waals surface area contributed by atoms with Gasteiger partial charge in [0, 0.05) is 6.20 Å². The number of carboxylic acid groups (broad SMARTS) is 1. The molecule has 1 aromatic heterocycles. The third kappa shape index (κ3) is 3.51. The molecule has 0 saturated carbocycles. The van der Waals surface area contributed by atoms with Crippen LogP contribution in [0.25, 0.3) is 0 Å². The lowest BCUT2D eigenvalue weighted by Gasteiger charge is -2.18. The Morgan fingerprint density at radius 1 is 1.37 bits per heavy atom. The van der Waals surface area contributed by atoms with Gasteiger partial charge in [0.15, 0.2) is 0 Å². The van der Waals surface area contributed by atoms with Gasteiger partial charge >= 0.3 is 5.97 Å². The van der Waals surface area contributed by atoms with Crippen molar-refractivity contribution in [1.29, 1.82) is 0 Å². The SMILES string of the molecule is CC(C)C(NC(=O)c1ncccc1C(=O)O)C(N)=O. The molecule has 0 saturated heterocycles. The molecule has 1 unspecified atom stereocenters. The van der Waals surface area contributed by atoms with E-state index >= 15 is 0 Å². The Hall–Kier alpha value is -2.44. The fraction of sp³-hybridized carbons (Fsp3) is 0.333. The predicted octanol–water partition coefficient (Wildman–Crippen LogP) is 0.0195. The van der Waals surface area contributed by atoms with Crippen LogP contribution in [0.5, 0.6) is 0 Å². The zero-order chi connectivity index (χ0) is 14.6. The fourth-order valence-corrected chi connectivity index (χ4v) is 1.53. The molecule has 2 amide bonds. The van der Waals surface area contributed by atoms with E-state index in [2.05, 4.69) is 10.3 Å². The van der Waals surface area contributed by atoms with E-state index in [-0.39, 0.29) is 17.2 Å². The molecule has 1 atom stereocenters. The van der Waals surface area contributed by atoms with Crippen LogP contribution in [0, 0.1) is 5.92 Å². The number of nitrogens with one attached hydrogen (secondary N) is 1. The Bertz CT molecular complexity index is 513. The number of nitrogens with zero attached hydrogens (tertiary/aromatic N) is 1. The molecule has 1 aromatic rings. The summed E-state index contributed by atoms with van der Waals surface area (Å²) in [6.07, 6.45) is 1.30. The highest BCUT2D eigenvalue weighted by Crippen LogP contribution is 2.07. The lowest BCUT2D eigenvalue weighted by atomic mass is 10.0. The van der Waals surface area contributed by atoms with Gasteiger partial charge in [-0.15, -0.1) is 0 Å². The van der Waals surface area contributed by atoms with Crippen molar-refractivity contribution in [3.63, 3.8) is 0 Å². The number of primary amides is 1. The predicted molar refractivity (Wildman–Crippen MR) is 66.5 cm³/mol. The van der Waals surface area contributed by atoms with Crippen LogP contribution in [0.2, 0.25) is 0 Å². The summed E-state index contributed by atoms with van der Waals surface area (Å²) in [6.45, 7) is 3.43. The molecule has 0 aromatic carbocycles. The number of aromatic nitrogens is 1. The van der Waals surface area contributed by atoms with E-state index in [0.29, 0.717) is 0 Å². The van der Waals surface area contributed by atoms with Crippen LogP contribution in [0.3, 0.4) is 0 Å². The summed E-state index contributed by atoms with van der Waals surface area (Å²) < 4.78 is 0. The van der Waals surface area contributed by atoms with Gasteiger partial charge in [0.25, 0.3) is 5.91 Å². The Labute approximate surface area is 109 Å². The highest BCUT2D eigenvalue weighted by atomic mass is 16.4. The molecule has 0 radical (unpaired) electrons. The summed E-state index contributed by atoms with van der Waals surface area (Å²) in [5.41, 5.74) is 4.69. The molecule has 4 N–H and O–H groups in total. The summed E-state index contributed by atoms with van der Waals surface area (Å²) in [4.78, 5) is 37.8. The first-order chi connectivity index (χ1) is 8.84. The van der Waals surface area contributed by atoms with Crippen molar-refractivity contribution in [1.82, 2.24) is 10.3 Å². The van der Waals surface area contributed by atoms with E-state index < -0.39 is 23.8 Å². The zero-order valence-corrected chi connectivity index (χ0v) is 10.6. The number of hydrogen-bond acceptors (Lipinski definition) is 4. The second-order valence-corrected chi connectivity index (χ2v) is 4.30. The second kappa shape index (κ2) is 5.94. The number of pyridine rings is 1. The Morgan fingerprint density at radius 2 is 2.00 bits per heavy atom. The van der Waals surface area contributed by atoms with Gasteiger partial charge in [0.1, 0.15) is 11.7 Å². The average molecular weight is 265 g/mol. The lowest BCUT2D eigenvalue weighted by Crippen LogP contribution is -2.48. The molecular weight excluding hydrogens is 250 g/mol. The fourth-order valence-electron chi connectivity index (χ4n) is 1.53. The van der Waals surface area contributed by atoms with Gasteiger partial charge < -0.3 is 16.2 Å². The van der Waals surface area contributed by atoms with E-state index in [1.165, 1.54) is 18.3 Å². The minimum atomic E-state index is -1.27.